The summed E-state index contributed by atoms with van der Waals surface area (Å²) < 4.78 is 0. The summed E-state index contributed by atoms with van der Waals surface area (Å²) in [6.45, 7) is 3.02. The lowest BCUT2D eigenvalue weighted by atomic mass is 10.1. The number of rotatable bonds is 4. The van der Waals surface area contributed by atoms with E-state index in [0.717, 1.165) is 18.1 Å². The number of nitrogens with zero attached hydrogens (tertiary/aromatic N) is 1. The van der Waals surface area contributed by atoms with E-state index in [1.165, 1.54) is 22.5 Å². The Labute approximate surface area is 104 Å². The predicted octanol–water partition coefficient (Wildman–Crippen LogP) is 3.76. The van der Waals surface area contributed by atoms with Crippen LogP contribution in [0.2, 0.25) is 5.15 Å². The molecule has 84 valence electrons. The maximum absolute atomic E-state index is 5.74. The summed E-state index contributed by atoms with van der Waals surface area (Å²) >= 11 is 7.28. The molecule has 0 aliphatic rings. The molecule has 1 aromatic heterocycles. The molecule has 4 heteroatoms. The van der Waals surface area contributed by atoms with Crippen molar-refractivity contribution in [2.75, 3.05) is 11.9 Å². The summed E-state index contributed by atoms with van der Waals surface area (Å²) in [6, 6.07) is 8.43. The average molecular weight is 253 g/mol. The van der Waals surface area contributed by atoms with E-state index in [-0.39, 0.29) is 0 Å². The third-order valence-corrected chi connectivity index (χ3v) is 3.53. The van der Waals surface area contributed by atoms with Gasteiger partial charge in [-0.1, -0.05) is 35.9 Å². The molecule has 0 aliphatic carbocycles. The van der Waals surface area contributed by atoms with Crippen LogP contribution in [0.25, 0.3) is 0 Å². The molecule has 1 aromatic carbocycles. The number of aryl methyl sites for hydroxylation is 1. The van der Waals surface area contributed by atoms with Crippen LogP contribution in [0.4, 0.5) is 5.13 Å². The number of benzene rings is 1. The molecule has 1 N–H and O–H groups in total. The van der Waals surface area contributed by atoms with Crippen LogP contribution in [0.15, 0.2) is 29.6 Å². The van der Waals surface area contributed by atoms with E-state index in [0.29, 0.717) is 5.15 Å². The molecule has 0 amide bonds. The van der Waals surface area contributed by atoms with Crippen molar-refractivity contribution in [3.8, 4) is 0 Å². The number of halogens is 1. The predicted molar refractivity (Wildman–Crippen MR) is 70.5 cm³/mol. The SMILES string of the molecule is Cc1ccccc1CCNc1nc(Cl)cs1. The Balaban J connectivity index is 1.87. The van der Waals surface area contributed by atoms with E-state index in [1.807, 2.05) is 5.38 Å². The summed E-state index contributed by atoms with van der Waals surface area (Å²) in [5, 5.41) is 6.54. The lowest BCUT2D eigenvalue weighted by molar-refractivity contribution is 1.00. The van der Waals surface area contributed by atoms with Crippen molar-refractivity contribution in [3.63, 3.8) is 0 Å². The number of anilines is 1. The molecule has 0 aliphatic heterocycles. The first-order valence-electron chi connectivity index (χ1n) is 5.15. The van der Waals surface area contributed by atoms with E-state index in [1.54, 1.807) is 0 Å². The van der Waals surface area contributed by atoms with Crippen LogP contribution in [0.1, 0.15) is 11.1 Å². The van der Waals surface area contributed by atoms with Gasteiger partial charge in [0.25, 0.3) is 0 Å². The van der Waals surface area contributed by atoms with Gasteiger partial charge in [-0.2, -0.15) is 0 Å². The Hall–Kier alpha value is -1.06. The van der Waals surface area contributed by atoms with Gasteiger partial charge in [0.15, 0.2) is 5.13 Å². The summed E-state index contributed by atoms with van der Waals surface area (Å²) in [6.07, 6.45) is 1.00. The van der Waals surface area contributed by atoms with Crippen LogP contribution in [0, 0.1) is 6.92 Å². The van der Waals surface area contributed by atoms with E-state index < -0.39 is 0 Å². The first-order valence-corrected chi connectivity index (χ1v) is 6.41. The van der Waals surface area contributed by atoms with E-state index >= 15 is 0 Å². The van der Waals surface area contributed by atoms with Gasteiger partial charge in [0.05, 0.1) is 0 Å². The molecule has 2 nitrogen and oxygen atoms in total. The number of hydrogen-bond acceptors (Lipinski definition) is 3. The first-order chi connectivity index (χ1) is 7.75. The molecular weight excluding hydrogens is 240 g/mol. The van der Waals surface area contributed by atoms with Gasteiger partial charge in [-0.05, 0) is 24.5 Å². The highest BCUT2D eigenvalue weighted by molar-refractivity contribution is 7.14. The smallest absolute Gasteiger partial charge is 0.184 e. The molecule has 0 bridgehead atoms. The Kier molecular flexibility index (Phi) is 3.80. The van der Waals surface area contributed by atoms with Crippen molar-refractivity contribution < 1.29 is 0 Å². The van der Waals surface area contributed by atoms with Gasteiger partial charge in [0.2, 0.25) is 0 Å². The minimum absolute atomic E-state index is 0.559. The highest BCUT2D eigenvalue weighted by atomic mass is 35.5. The van der Waals surface area contributed by atoms with Crippen molar-refractivity contribution in [1.29, 1.82) is 0 Å². The van der Waals surface area contributed by atoms with Crippen LogP contribution < -0.4 is 5.32 Å². The third-order valence-electron chi connectivity index (χ3n) is 2.41. The van der Waals surface area contributed by atoms with Crippen molar-refractivity contribution in [2.45, 2.75) is 13.3 Å². The quantitative estimate of drug-likeness (QED) is 0.896. The second kappa shape index (κ2) is 5.32. The minimum Gasteiger partial charge on any atom is -0.361 e. The molecule has 0 saturated carbocycles. The zero-order valence-corrected chi connectivity index (χ0v) is 10.6. The van der Waals surface area contributed by atoms with Crippen molar-refractivity contribution in [2.24, 2.45) is 0 Å². The summed E-state index contributed by atoms with van der Waals surface area (Å²) in [4.78, 5) is 4.14. The van der Waals surface area contributed by atoms with Crippen LogP contribution in [0.3, 0.4) is 0 Å². The number of aromatic nitrogens is 1. The third kappa shape index (κ3) is 2.97. The van der Waals surface area contributed by atoms with Crippen LogP contribution in [-0.4, -0.2) is 11.5 Å². The molecule has 1 heterocycles. The van der Waals surface area contributed by atoms with Gasteiger partial charge in [-0.3, -0.25) is 0 Å². The number of hydrogen-bond donors (Lipinski definition) is 1. The number of nitrogens with one attached hydrogen (secondary N) is 1. The van der Waals surface area contributed by atoms with Gasteiger partial charge in [0, 0.05) is 11.9 Å². The van der Waals surface area contributed by atoms with Gasteiger partial charge >= 0.3 is 0 Å². The van der Waals surface area contributed by atoms with Crippen molar-refractivity contribution >= 4 is 28.1 Å². The largest absolute Gasteiger partial charge is 0.361 e. The van der Waals surface area contributed by atoms with E-state index in [9.17, 15) is 0 Å². The minimum atomic E-state index is 0.559. The van der Waals surface area contributed by atoms with Gasteiger partial charge in [-0.15, -0.1) is 11.3 Å². The van der Waals surface area contributed by atoms with Crippen LogP contribution >= 0.6 is 22.9 Å². The Morgan fingerprint density at radius 2 is 2.19 bits per heavy atom. The molecule has 0 saturated heterocycles. The van der Waals surface area contributed by atoms with Gasteiger partial charge in [-0.25, -0.2) is 4.98 Å². The molecule has 0 radical (unpaired) electrons. The molecule has 2 aromatic rings. The number of thiazole rings is 1. The fraction of sp³-hybridized carbons (Fsp3) is 0.250. The fourth-order valence-electron chi connectivity index (χ4n) is 1.53. The van der Waals surface area contributed by atoms with E-state index in [4.69, 9.17) is 11.6 Å². The summed E-state index contributed by atoms with van der Waals surface area (Å²) in [5.74, 6) is 0. The molecule has 0 spiro atoms. The topological polar surface area (TPSA) is 24.9 Å². The fourth-order valence-corrected chi connectivity index (χ4v) is 2.40. The highest BCUT2D eigenvalue weighted by Gasteiger charge is 2.00. The Bertz CT molecular complexity index is 468. The summed E-state index contributed by atoms with van der Waals surface area (Å²) in [7, 11) is 0. The maximum Gasteiger partial charge on any atom is 0.184 e. The van der Waals surface area contributed by atoms with E-state index in [2.05, 4.69) is 41.5 Å². The monoisotopic (exact) mass is 252 g/mol. The summed E-state index contributed by atoms with van der Waals surface area (Å²) in [5.41, 5.74) is 2.71. The van der Waals surface area contributed by atoms with Crippen molar-refractivity contribution in [1.82, 2.24) is 4.98 Å². The standard InChI is InChI=1S/C12H13ClN2S/c1-9-4-2-3-5-10(9)6-7-14-12-15-11(13)8-16-12/h2-5,8H,6-7H2,1H3,(H,14,15). The molecular formula is C12H13ClN2S. The molecule has 16 heavy (non-hydrogen) atoms. The maximum atomic E-state index is 5.74. The average Bonchev–Trinajstić information content (AvgIpc) is 2.67. The highest BCUT2D eigenvalue weighted by Crippen LogP contribution is 2.18. The molecule has 2 rings (SSSR count). The Morgan fingerprint density at radius 3 is 2.88 bits per heavy atom. The zero-order chi connectivity index (χ0) is 11.4. The molecule has 0 fully saturated rings. The van der Waals surface area contributed by atoms with Crippen LogP contribution in [0.5, 0.6) is 0 Å². The first kappa shape index (κ1) is 11.4. The molecule has 0 unspecified atom stereocenters. The zero-order valence-electron chi connectivity index (χ0n) is 9.03. The van der Waals surface area contributed by atoms with Gasteiger partial charge in [0.1, 0.15) is 5.15 Å². The van der Waals surface area contributed by atoms with Crippen molar-refractivity contribution in [3.05, 3.63) is 45.9 Å². The normalized spacial score (nSPS) is 10.4. The lowest BCUT2D eigenvalue weighted by Gasteiger charge is -2.05. The van der Waals surface area contributed by atoms with Gasteiger partial charge < -0.3 is 5.32 Å². The Morgan fingerprint density at radius 1 is 1.38 bits per heavy atom. The molecule has 0 atom stereocenters. The van der Waals surface area contributed by atoms with Crippen LogP contribution in [-0.2, 0) is 6.42 Å². The lowest BCUT2D eigenvalue weighted by Crippen LogP contribution is -2.05. The second-order valence-corrected chi connectivity index (χ2v) is 4.82. The second-order valence-electron chi connectivity index (χ2n) is 3.58.